The van der Waals surface area contributed by atoms with Crippen molar-refractivity contribution in [2.75, 3.05) is 6.54 Å². The van der Waals surface area contributed by atoms with Gasteiger partial charge in [0.1, 0.15) is 0 Å². The molecule has 0 saturated carbocycles. The molecule has 0 aliphatic heterocycles. The van der Waals surface area contributed by atoms with Crippen molar-refractivity contribution in [1.82, 2.24) is 0 Å². The van der Waals surface area contributed by atoms with Crippen LogP contribution in [0.25, 0.3) is 0 Å². The molecule has 0 unspecified atom stereocenters. The summed E-state index contributed by atoms with van der Waals surface area (Å²) >= 11 is 0. The van der Waals surface area contributed by atoms with E-state index in [-0.39, 0.29) is 0 Å². The summed E-state index contributed by atoms with van der Waals surface area (Å²) in [7, 11) is 0. The lowest BCUT2D eigenvalue weighted by atomic mass is 10.2. The fourth-order valence-electron chi connectivity index (χ4n) is 0.922. The zero-order valence-electron chi connectivity index (χ0n) is 7.90. The van der Waals surface area contributed by atoms with Crippen molar-refractivity contribution in [3.05, 3.63) is 35.9 Å². The van der Waals surface area contributed by atoms with Gasteiger partial charge in [-0.25, -0.2) is 9.98 Å². The molecule has 0 radical (unpaired) electrons. The molecule has 0 aliphatic rings. The smallest absolute Gasteiger partial charge is 0.0896 e. The third-order valence-electron chi connectivity index (χ3n) is 1.58. The van der Waals surface area contributed by atoms with Crippen LogP contribution in [0, 0.1) is 0 Å². The predicted molar refractivity (Wildman–Crippen MR) is 55.2 cm³/mol. The average Bonchev–Trinajstić information content (AvgIpc) is 2.19. The van der Waals surface area contributed by atoms with E-state index in [4.69, 9.17) is 0 Å². The Bertz CT molecular complexity index is 284. The monoisotopic (exact) mass is 174 g/mol. The van der Waals surface area contributed by atoms with Crippen molar-refractivity contribution in [2.24, 2.45) is 9.98 Å². The minimum atomic E-state index is 0.675. The first kappa shape index (κ1) is 9.69. The number of benzene rings is 1. The summed E-state index contributed by atoms with van der Waals surface area (Å²) in [5, 5.41) is 0. The van der Waals surface area contributed by atoms with Crippen LogP contribution in [0.1, 0.15) is 18.9 Å². The molecular weight excluding hydrogens is 160 g/mol. The molecule has 0 aromatic heterocycles. The zero-order valence-corrected chi connectivity index (χ0v) is 7.90. The van der Waals surface area contributed by atoms with E-state index in [1.54, 1.807) is 0 Å². The Morgan fingerprint density at radius 1 is 1.15 bits per heavy atom. The quantitative estimate of drug-likeness (QED) is 0.627. The number of rotatable bonds is 4. The van der Waals surface area contributed by atoms with E-state index in [2.05, 4.69) is 22.9 Å². The van der Waals surface area contributed by atoms with Crippen LogP contribution in [-0.2, 0) is 6.54 Å². The third-order valence-corrected chi connectivity index (χ3v) is 1.58. The molecule has 1 rings (SSSR count). The van der Waals surface area contributed by atoms with E-state index in [0.717, 1.165) is 13.0 Å². The molecule has 0 amide bonds. The molecule has 0 spiro atoms. The van der Waals surface area contributed by atoms with E-state index < -0.39 is 0 Å². The van der Waals surface area contributed by atoms with Gasteiger partial charge in [0.25, 0.3) is 0 Å². The molecule has 0 saturated heterocycles. The maximum absolute atomic E-state index is 4.06. The predicted octanol–water partition coefficient (Wildman–Crippen LogP) is 2.77. The van der Waals surface area contributed by atoms with E-state index >= 15 is 0 Å². The summed E-state index contributed by atoms with van der Waals surface area (Å²) in [5.41, 5.74) is 1.20. The summed E-state index contributed by atoms with van der Waals surface area (Å²) in [6.45, 7) is 3.58. The van der Waals surface area contributed by atoms with Crippen LogP contribution in [0.3, 0.4) is 0 Å². The lowest BCUT2D eigenvalue weighted by Gasteiger charge is -1.90. The fourth-order valence-corrected chi connectivity index (χ4v) is 0.922. The number of aliphatic imine (C=N–C) groups is 2. The molecule has 13 heavy (non-hydrogen) atoms. The van der Waals surface area contributed by atoms with Crippen LogP contribution in [0.5, 0.6) is 0 Å². The van der Waals surface area contributed by atoms with Gasteiger partial charge in [0.2, 0.25) is 0 Å². The second-order valence-electron chi connectivity index (χ2n) is 2.78. The van der Waals surface area contributed by atoms with Crippen LogP contribution in [0.15, 0.2) is 40.3 Å². The normalized spacial score (nSPS) is 9.00. The first-order valence-electron chi connectivity index (χ1n) is 4.55. The second-order valence-corrected chi connectivity index (χ2v) is 2.78. The molecule has 0 fully saturated rings. The summed E-state index contributed by atoms with van der Waals surface area (Å²) in [4.78, 5) is 8.05. The van der Waals surface area contributed by atoms with Crippen molar-refractivity contribution < 1.29 is 0 Å². The van der Waals surface area contributed by atoms with Crippen LogP contribution in [0.2, 0.25) is 0 Å². The summed E-state index contributed by atoms with van der Waals surface area (Å²) in [6.07, 6.45) is 1.05. The molecule has 0 atom stereocenters. The Labute approximate surface area is 79.0 Å². The molecule has 1 aromatic carbocycles. The topological polar surface area (TPSA) is 24.7 Å². The largest absolute Gasteiger partial charge is 0.226 e. The Kier molecular flexibility index (Phi) is 4.58. The van der Waals surface area contributed by atoms with E-state index in [0.29, 0.717) is 6.54 Å². The summed E-state index contributed by atoms with van der Waals surface area (Å²) < 4.78 is 0. The van der Waals surface area contributed by atoms with E-state index in [9.17, 15) is 0 Å². The van der Waals surface area contributed by atoms with Crippen LogP contribution in [-0.4, -0.2) is 12.6 Å². The first-order valence-corrected chi connectivity index (χ1v) is 4.55. The van der Waals surface area contributed by atoms with E-state index in [1.807, 2.05) is 30.3 Å². The lowest BCUT2D eigenvalue weighted by Crippen LogP contribution is -1.78. The summed E-state index contributed by atoms with van der Waals surface area (Å²) in [6, 6.07) is 12.8. The average molecular weight is 174 g/mol. The second kappa shape index (κ2) is 6.15. The Morgan fingerprint density at radius 3 is 2.62 bits per heavy atom. The number of nitrogens with zero attached hydrogens (tertiary/aromatic N) is 2. The molecule has 0 N–H and O–H groups in total. The molecule has 0 heterocycles. The van der Waals surface area contributed by atoms with Gasteiger partial charge in [0, 0.05) is 6.54 Å². The molecule has 0 bridgehead atoms. The van der Waals surface area contributed by atoms with Crippen molar-refractivity contribution in [2.45, 2.75) is 19.9 Å². The third kappa shape index (κ3) is 4.24. The molecule has 68 valence electrons. The van der Waals surface area contributed by atoms with Gasteiger partial charge in [-0.05, 0) is 12.0 Å². The Morgan fingerprint density at radius 2 is 1.92 bits per heavy atom. The standard InChI is InChI=1S/C11H14N2/c1-2-8-12-10-13-9-11-6-4-3-5-7-11/h3-7H,2,8-9H2,1H3. The van der Waals surface area contributed by atoms with Gasteiger partial charge >= 0.3 is 0 Å². The van der Waals surface area contributed by atoms with Gasteiger partial charge < -0.3 is 0 Å². The van der Waals surface area contributed by atoms with Crippen LogP contribution in [0.4, 0.5) is 0 Å². The highest BCUT2D eigenvalue weighted by Gasteiger charge is 1.84. The van der Waals surface area contributed by atoms with Crippen molar-refractivity contribution in [1.29, 1.82) is 0 Å². The fraction of sp³-hybridized carbons (Fsp3) is 0.364. The maximum atomic E-state index is 4.06. The van der Waals surface area contributed by atoms with Gasteiger partial charge in [-0.2, -0.15) is 0 Å². The van der Waals surface area contributed by atoms with Crippen molar-refractivity contribution in [3.63, 3.8) is 0 Å². The van der Waals surface area contributed by atoms with Crippen LogP contribution < -0.4 is 0 Å². The minimum absolute atomic E-state index is 0.675. The van der Waals surface area contributed by atoms with Gasteiger partial charge in [-0.3, -0.25) is 0 Å². The number of hydrogen-bond donors (Lipinski definition) is 0. The zero-order chi connectivity index (χ0) is 9.36. The molecule has 0 aliphatic carbocycles. The SMILES string of the molecule is CCCN=C=NCc1ccccc1. The van der Waals surface area contributed by atoms with Gasteiger partial charge in [0.15, 0.2) is 0 Å². The highest BCUT2D eigenvalue weighted by atomic mass is 14.8. The Hall–Kier alpha value is -1.40. The summed E-state index contributed by atoms with van der Waals surface area (Å²) in [5.74, 6) is 0. The first-order chi connectivity index (χ1) is 6.43. The molecule has 2 nitrogen and oxygen atoms in total. The minimum Gasteiger partial charge on any atom is -0.226 e. The maximum Gasteiger partial charge on any atom is 0.0896 e. The van der Waals surface area contributed by atoms with E-state index in [1.165, 1.54) is 5.56 Å². The molecular formula is C11H14N2. The lowest BCUT2D eigenvalue weighted by molar-refractivity contribution is 0.933. The highest BCUT2D eigenvalue weighted by molar-refractivity contribution is 5.41. The van der Waals surface area contributed by atoms with Crippen molar-refractivity contribution in [3.8, 4) is 0 Å². The van der Waals surface area contributed by atoms with Crippen LogP contribution >= 0.6 is 0 Å². The Balaban J connectivity index is 2.39. The van der Waals surface area contributed by atoms with Gasteiger partial charge in [0.05, 0.1) is 12.6 Å². The number of hydrogen-bond acceptors (Lipinski definition) is 2. The highest BCUT2D eigenvalue weighted by Crippen LogP contribution is 1.98. The van der Waals surface area contributed by atoms with Gasteiger partial charge in [-0.1, -0.05) is 37.3 Å². The van der Waals surface area contributed by atoms with Gasteiger partial charge in [-0.15, -0.1) is 0 Å². The molecule has 2 heteroatoms. The molecule has 1 aromatic rings. The van der Waals surface area contributed by atoms with Crippen molar-refractivity contribution >= 4 is 6.01 Å².